The van der Waals surface area contributed by atoms with E-state index in [4.69, 9.17) is 11.6 Å². The van der Waals surface area contributed by atoms with Crippen LogP contribution in [0.25, 0.3) is 0 Å². The van der Waals surface area contributed by atoms with Gasteiger partial charge in [0.15, 0.2) is 0 Å². The second-order valence-corrected chi connectivity index (χ2v) is 8.50. The van der Waals surface area contributed by atoms with Gasteiger partial charge in [0.05, 0.1) is 5.56 Å². The van der Waals surface area contributed by atoms with Crippen molar-refractivity contribution in [1.82, 2.24) is 10.2 Å². The Morgan fingerprint density at radius 1 is 1.23 bits per heavy atom. The average Bonchev–Trinajstić information content (AvgIpc) is 2.70. The van der Waals surface area contributed by atoms with Crippen LogP contribution < -0.4 is 5.32 Å². The quantitative estimate of drug-likeness (QED) is 0.627. The van der Waals surface area contributed by atoms with Gasteiger partial charge in [-0.25, -0.2) is 4.39 Å². The van der Waals surface area contributed by atoms with Gasteiger partial charge in [-0.15, -0.1) is 0 Å². The van der Waals surface area contributed by atoms with Gasteiger partial charge in [0.1, 0.15) is 5.82 Å². The minimum absolute atomic E-state index is 0.0176. The van der Waals surface area contributed by atoms with Crippen LogP contribution in [0.15, 0.2) is 36.4 Å². The van der Waals surface area contributed by atoms with Crippen molar-refractivity contribution in [3.63, 3.8) is 0 Å². The Bertz CT molecular complexity index is 948. The normalized spacial score (nSPS) is 19.3. The van der Waals surface area contributed by atoms with E-state index in [1.54, 1.807) is 18.0 Å². The predicted octanol–water partition coefficient (Wildman–Crippen LogP) is 5.20. The number of carbonyl (C=O) groups excluding carboxylic acids is 1. The molecular formula is C23H25ClF4N2O. The summed E-state index contributed by atoms with van der Waals surface area (Å²) in [6, 6.07) is 8.05. The molecule has 1 amide bonds. The molecule has 2 aromatic rings. The molecule has 0 radical (unpaired) electrons. The number of halogens is 5. The van der Waals surface area contributed by atoms with Crippen molar-refractivity contribution < 1.29 is 22.4 Å². The zero-order chi connectivity index (χ0) is 22.8. The van der Waals surface area contributed by atoms with Gasteiger partial charge in [0.2, 0.25) is 5.91 Å². The lowest BCUT2D eigenvalue weighted by Gasteiger charge is -2.35. The second kappa shape index (κ2) is 9.57. The zero-order valence-corrected chi connectivity index (χ0v) is 18.2. The number of carbonyl (C=O) groups is 1. The SMILES string of the molecule is Cc1cc(F)ccc1C1CNCCC1C(=O)N(C)CCc1cc(Cl)cc(C(F)(F)F)c1. The van der Waals surface area contributed by atoms with Gasteiger partial charge < -0.3 is 10.2 Å². The third kappa shape index (κ3) is 5.77. The molecule has 2 unspecified atom stereocenters. The lowest BCUT2D eigenvalue weighted by Crippen LogP contribution is -2.44. The Balaban J connectivity index is 1.72. The van der Waals surface area contributed by atoms with Crippen LogP contribution in [0, 0.1) is 18.7 Å². The van der Waals surface area contributed by atoms with Crippen molar-refractivity contribution in [1.29, 1.82) is 0 Å². The maximum absolute atomic E-state index is 13.5. The summed E-state index contributed by atoms with van der Waals surface area (Å²) in [5.41, 5.74) is 1.36. The molecule has 31 heavy (non-hydrogen) atoms. The maximum atomic E-state index is 13.5. The first-order chi connectivity index (χ1) is 14.6. The summed E-state index contributed by atoms with van der Waals surface area (Å²) < 4.78 is 52.6. The number of nitrogens with one attached hydrogen (secondary N) is 1. The number of alkyl halides is 3. The topological polar surface area (TPSA) is 32.3 Å². The molecule has 3 rings (SSSR count). The molecule has 1 aliphatic rings. The van der Waals surface area contributed by atoms with Crippen LogP contribution in [0.5, 0.6) is 0 Å². The second-order valence-electron chi connectivity index (χ2n) is 8.06. The summed E-state index contributed by atoms with van der Waals surface area (Å²) in [6.45, 7) is 3.41. The van der Waals surface area contributed by atoms with Crippen molar-refractivity contribution >= 4 is 17.5 Å². The zero-order valence-electron chi connectivity index (χ0n) is 17.4. The minimum atomic E-state index is -4.48. The molecule has 1 aliphatic heterocycles. The highest BCUT2D eigenvalue weighted by atomic mass is 35.5. The van der Waals surface area contributed by atoms with E-state index in [1.807, 2.05) is 6.92 Å². The number of rotatable bonds is 5. The molecule has 1 N–H and O–H groups in total. The van der Waals surface area contributed by atoms with Crippen LogP contribution in [0.3, 0.4) is 0 Å². The van der Waals surface area contributed by atoms with E-state index in [0.717, 1.165) is 23.3 Å². The fraction of sp³-hybridized carbons (Fsp3) is 0.435. The molecule has 1 heterocycles. The molecular weight excluding hydrogens is 432 g/mol. The average molecular weight is 457 g/mol. The summed E-state index contributed by atoms with van der Waals surface area (Å²) in [4.78, 5) is 14.8. The van der Waals surface area contributed by atoms with E-state index in [1.165, 1.54) is 18.2 Å². The number of likely N-dealkylation sites (N-methyl/N-ethyl adjacent to an activating group) is 1. The van der Waals surface area contributed by atoms with E-state index in [0.29, 0.717) is 25.1 Å². The number of benzene rings is 2. The Kier molecular flexibility index (Phi) is 7.27. The van der Waals surface area contributed by atoms with Crippen molar-refractivity contribution in [3.8, 4) is 0 Å². The number of aryl methyl sites for hydroxylation is 1. The maximum Gasteiger partial charge on any atom is 0.416 e. The summed E-state index contributed by atoms with van der Waals surface area (Å²) in [6.07, 6.45) is -3.58. The van der Waals surface area contributed by atoms with E-state index in [2.05, 4.69) is 5.32 Å². The van der Waals surface area contributed by atoms with Crippen LogP contribution in [-0.4, -0.2) is 37.5 Å². The minimum Gasteiger partial charge on any atom is -0.345 e. The Hall–Kier alpha value is -2.12. The Morgan fingerprint density at radius 2 is 1.97 bits per heavy atom. The highest BCUT2D eigenvalue weighted by molar-refractivity contribution is 6.30. The monoisotopic (exact) mass is 456 g/mol. The van der Waals surface area contributed by atoms with Crippen LogP contribution in [0.4, 0.5) is 17.6 Å². The standard InChI is InChI=1S/C23H25ClF4N2O/c1-14-9-18(25)3-4-19(14)21-13-29-7-5-20(21)22(31)30(2)8-6-15-10-16(23(26,27)28)12-17(24)11-15/h3-4,9-12,20-21,29H,5-8,13H2,1-2H3. The van der Waals surface area contributed by atoms with E-state index >= 15 is 0 Å². The molecule has 0 bridgehead atoms. The van der Waals surface area contributed by atoms with Gasteiger partial charge in [-0.1, -0.05) is 17.7 Å². The molecule has 0 saturated carbocycles. The van der Waals surface area contributed by atoms with Gasteiger partial charge in [-0.05, 0) is 73.3 Å². The van der Waals surface area contributed by atoms with E-state index in [9.17, 15) is 22.4 Å². The molecule has 0 aliphatic carbocycles. The number of hydrogen-bond acceptors (Lipinski definition) is 2. The highest BCUT2D eigenvalue weighted by Crippen LogP contribution is 2.34. The lowest BCUT2D eigenvalue weighted by atomic mass is 9.79. The molecule has 1 saturated heterocycles. The molecule has 2 aromatic carbocycles. The molecule has 8 heteroatoms. The number of hydrogen-bond donors (Lipinski definition) is 1. The van der Waals surface area contributed by atoms with Crippen molar-refractivity contribution in [2.24, 2.45) is 5.92 Å². The summed E-state index contributed by atoms with van der Waals surface area (Å²) in [5.74, 6) is -0.745. The van der Waals surface area contributed by atoms with Crippen LogP contribution in [0.2, 0.25) is 5.02 Å². The van der Waals surface area contributed by atoms with Crippen LogP contribution in [0.1, 0.15) is 34.6 Å². The third-order valence-electron chi connectivity index (χ3n) is 5.83. The molecule has 0 aromatic heterocycles. The molecule has 0 spiro atoms. The predicted molar refractivity (Wildman–Crippen MR) is 113 cm³/mol. The van der Waals surface area contributed by atoms with Gasteiger partial charge >= 0.3 is 6.18 Å². The highest BCUT2D eigenvalue weighted by Gasteiger charge is 2.35. The van der Waals surface area contributed by atoms with Crippen molar-refractivity contribution in [2.75, 3.05) is 26.7 Å². The number of piperidine rings is 1. The van der Waals surface area contributed by atoms with Gasteiger partial charge in [0, 0.05) is 37.0 Å². The largest absolute Gasteiger partial charge is 0.416 e. The fourth-order valence-corrected chi connectivity index (χ4v) is 4.44. The smallest absolute Gasteiger partial charge is 0.345 e. The molecule has 168 valence electrons. The first-order valence-electron chi connectivity index (χ1n) is 10.1. The van der Waals surface area contributed by atoms with Crippen molar-refractivity contribution in [3.05, 3.63) is 69.5 Å². The van der Waals surface area contributed by atoms with Gasteiger partial charge in [0.25, 0.3) is 0 Å². The first kappa shape index (κ1) is 23.5. The van der Waals surface area contributed by atoms with Gasteiger partial charge in [-0.2, -0.15) is 13.2 Å². The Morgan fingerprint density at radius 3 is 2.65 bits per heavy atom. The number of amides is 1. The van der Waals surface area contributed by atoms with Crippen molar-refractivity contribution in [2.45, 2.75) is 31.9 Å². The third-order valence-corrected chi connectivity index (χ3v) is 6.05. The Labute approximate surface area is 184 Å². The fourth-order valence-electron chi connectivity index (χ4n) is 4.18. The lowest BCUT2D eigenvalue weighted by molar-refractivity contribution is -0.138. The van der Waals surface area contributed by atoms with E-state index in [-0.39, 0.29) is 41.5 Å². The number of nitrogens with zero attached hydrogens (tertiary/aromatic N) is 1. The first-order valence-corrected chi connectivity index (χ1v) is 10.5. The van der Waals surface area contributed by atoms with Crippen LogP contribution in [-0.2, 0) is 17.4 Å². The van der Waals surface area contributed by atoms with Crippen LogP contribution >= 0.6 is 11.6 Å². The summed E-state index contributed by atoms with van der Waals surface area (Å²) in [7, 11) is 1.66. The molecule has 3 nitrogen and oxygen atoms in total. The molecule has 2 atom stereocenters. The summed E-state index contributed by atoms with van der Waals surface area (Å²) in [5, 5.41) is 3.32. The van der Waals surface area contributed by atoms with E-state index < -0.39 is 11.7 Å². The molecule has 1 fully saturated rings. The summed E-state index contributed by atoms with van der Waals surface area (Å²) >= 11 is 5.85. The van der Waals surface area contributed by atoms with Gasteiger partial charge in [-0.3, -0.25) is 4.79 Å².